The molecular weight excluding hydrogens is 580 g/mol. The maximum Gasteiger partial charge on any atom is 0.242 e. The molecule has 0 spiro atoms. The summed E-state index contributed by atoms with van der Waals surface area (Å²) >= 11 is 0. The van der Waals surface area contributed by atoms with Crippen LogP contribution in [0, 0.1) is 21.4 Å². The van der Waals surface area contributed by atoms with E-state index in [-0.39, 0.29) is 19.3 Å². The van der Waals surface area contributed by atoms with Crippen molar-refractivity contribution in [2.75, 3.05) is 41.7 Å². The number of ether oxygens (including phenoxy) is 6. The largest absolute Gasteiger partial charge is 0.493 e. The smallest absolute Gasteiger partial charge is 0.242 e. The quantitative estimate of drug-likeness (QED) is 0.0851. The minimum atomic E-state index is -1.33. The molecule has 0 radical (unpaired) electrons. The van der Waals surface area contributed by atoms with Crippen LogP contribution in [0.15, 0.2) is 24.3 Å². The number of hydrogen-bond donors (Lipinski definition) is 1. The molecule has 0 fully saturated rings. The van der Waals surface area contributed by atoms with Crippen molar-refractivity contribution in [3.63, 3.8) is 0 Å². The van der Waals surface area contributed by atoms with Crippen LogP contribution in [0.4, 0.5) is 0 Å². The standard InChI is InChI=1S/C34H50N2O9/c1-8-10-12-18-44-30-22-25(31(45-19-13-11-9-2)33(43-7)32(30)42-6)34(3,23-35)17-16-27(37)26(36(38)39)20-24-14-15-28(40-4)29(21-24)41-5/h14-15,21-22,26-27,37H,8-13,16-20H2,1-7H3. The third kappa shape index (κ3) is 10.0. The van der Waals surface area contributed by atoms with E-state index in [1.54, 1.807) is 31.2 Å². The van der Waals surface area contributed by atoms with Gasteiger partial charge in [-0.3, -0.25) is 10.1 Å². The van der Waals surface area contributed by atoms with Gasteiger partial charge in [0.25, 0.3) is 0 Å². The van der Waals surface area contributed by atoms with Gasteiger partial charge in [0.15, 0.2) is 23.0 Å². The van der Waals surface area contributed by atoms with Gasteiger partial charge in [0.2, 0.25) is 17.5 Å². The Morgan fingerprint density at radius 2 is 1.49 bits per heavy atom. The summed E-state index contributed by atoms with van der Waals surface area (Å²) in [7, 11) is 6.02. The molecule has 0 aliphatic rings. The van der Waals surface area contributed by atoms with Gasteiger partial charge in [0, 0.05) is 16.9 Å². The number of benzene rings is 2. The molecular formula is C34H50N2O9. The summed E-state index contributed by atoms with van der Waals surface area (Å²) in [5, 5.41) is 33.8. The Morgan fingerprint density at radius 1 is 0.867 bits per heavy atom. The van der Waals surface area contributed by atoms with Crippen molar-refractivity contribution in [3.8, 4) is 40.6 Å². The summed E-state index contributed by atoms with van der Waals surface area (Å²) in [6.07, 6.45) is 4.39. The Balaban J connectivity index is 2.46. The molecule has 3 unspecified atom stereocenters. The Kier molecular flexibility index (Phi) is 15.6. The molecule has 11 heteroatoms. The number of rotatable bonds is 22. The minimum absolute atomic E-state index is 0.0146. The average molecular weight is 631 g/mol. The van der Waals surface area contributed by atoms with E-state index in [1.165, 1.54) is 28.4 Å². The highest BCUT2D eigenvalue weighted by atomic mass is 16.6. The second-order valence-electron chi connectivity index (χ2n) is 11.2. The van der Waals surface area contributed by atoms with Crippen LogP contribution in [0.3, 0.4) is 0 Å². The molecule has 45 heavy (non-hydrogen) atoms. The van der Waals surface area contributed by atoms with Gasteiger partial charge < -0.3 is 33.5 Å². The van der Waals surface area contributed by atoms with Crippen LogP contribution in [0.1, 0.15) is 83.3 Å². The molecule has 3 atom stereocenters. The van der Waals surface area contributed by atoms with Crippen LogP contribution < -0.4 is 28.4 Å². The molecule has 0 aromatic heterocycles. The monoisotopic (exact) mass is 630 g/mol. The number of nitriles is 1. The zero-order valence-electron chi connectivity index (χ0n) is 27.8. The number of methoxy groups -OCH3 is 4. The lowest BCUT2D eigenvalue weighted by molar-refractivity contribution is -0.534. The van der Waals surface area contributed by atoms with Crippen LogP contribution >= 0.6 is 0 Å². The zero-order chi connectivity index (χ0) is 33.4. The average Bonchev–Trinajstić information content (AvgIpc) is 3.05. The van der Waals surface area contributed by atoms with Gasteiger partial charge in [0.1, 0.15) is 6.10 Å². The van der Waals surface area contributed by atoms with Crippen LogP contribution in [0.25, 0.3) is 0 Å². The lowest BCUT2D eigenvalue weighted by atomic mass is 9.77. The van der Waals surface area contributed by atoms with E-state index < -0.39 is 22.5 Å². The van der Waals surface area contributed by atoms with Crippen molar-refractivity contribution in [3.05, 3.63) is 45.5 Å². The number of nitrogens with zero attached hydrogens (tertiary/aromatic N) is 2. The highest BCUT2D eigenvalue weighted by Gasteiger charge is 2.38. The van der Waals surface area contributed by atoms with E-state index in [0.29, 0.717) is 58.8 Å². The molecule has 0 bridgehead atoms. The van der Waals surface area contributed by atoms with E-state index in [9.17, 15) is 20.5 Å². The normalized spacial score (nSPS) is 13.6. The third-order valence-electron chi connectivity index (χ3n) is 7.95. The minimum Gasteiger partial charge on any atom is -0.493 e. The third-order valence-corrected chi connectivity index (χ3v) is 7.95. The molecule has 0 saturated carbocycles. The first kappa shape index (κ1) is 37.3. The van der Waals surface area contributed by atoms with Crippen LogP contribution in [0.2, 0.25) is 0 Å². The summed E-state index contributed by atoms with van der Waals surface area (Å²) in [6, 6.07) is 7.86. The molecule has 0 amide bonds. The van der Waals surface area contributed by atoms with E-state index in [2.05, 4.69) is 19.9 Å². The van der Waals surface area contributed by atoms with Gasteiger partial charge in [0.05, 0.1) is 53.1 Å². The Morgan fingerprint density at radius 3 is 2.02 bits per heavy atom. The second kappa shape index (κ2) is 18.8. The topological polar surface area (TPSA) is 143 Å². The lowest BCUT2D eigenvalue weighted by Gasteiger charge is -2.29. The molecule has 250 valence electrons. The van der Waals surface area contributed by atoms with E-state index in [0.717, 1.165) is 38.5 Å². The van der Waals surface area contributed by atoms with Crippen molar-refractivity contribution in [2.24, 2.45) is 0 Å². The summed E-state index contributed by atoms with van der Waals surface area (Å²) in [6.45, 7) is 6.79. The number of unbranched alkanes of at least 4 members (excludes halogenated alkanes) is 4. The Bertz CT molecular complexity index is 1260. The van der Waals surface area contributed by atoms with Crippen molar-refractivity contribution < 1.29 is 38.5 Å². The molecule has 0 aliphatic carbocycles. The van der Waals surface area contributed by atoms with Crippen molar-refractivity contribution in [2.45, 2.75) is 96.1 Å². The van der Waals surface area contributed by atoms with Gasteiger partial charge in [-0.25, -0.2) is 0 Å². The molecule has 2 aromatic carbocycles. The molecule has 2 rings (SSSR count). The second-order valence-corrected chi connectivity index (χ2v) is 11.2. The fourth-order valence-corrected chi connectivity index (χ4v) is 5.18. The van der Waals surface area contributed by atoms with Gasteiger partial charge in [-0.2, -0.15) is 5.26 Å². The Labute approximate surface area is 267 Å². The summed E-state index contributed by atoms with van der Waals surface area (Å²) in [4.78, 5) is 11.6. The number of aliphatic hydroxyl groups is 1. The fraction of sp³-hybridized carbons (Fsp3) is 0.618. The number of hydrogen-bond acceptors (Lipinski definition) is 10. The van der Waals surface area contributed by atoms with Gasteiger partial charge >= 0.3 is 0 Å². The number of nitro groups is 1. The van der Waals surface area contributed by atoms with Crippen molar-refractivity contribution >= 4 is 0 Å². The summed E-state index contributed by atoms with van der Waals surface area (Å²) in [5.41, 5.74) is -0.0922. The summed E-state index contributed by atoms with van der Waals surface area (Å²) < 4.78 is 34.4. The van der Waals surface area contributed by atoms with Gasteiger partial charge in [-0.15, -0.1) is 0 Å². The highest BCUT2D eigenvalue weighted by Crippen LogP contribution is 2.51. The Hall–Kier alpha value is -3.91. The van der Waals surface area contributed by atoms with Crippen LogP contribution in [0.5, 0.6) is 34.5 Å². The van der Waals surface area contributed by atoms with Crippen LogP contribution in [-0.2, 0) is 11.8 Å². The molecule has 1 N–H and O–H groups in total. The highest BCUT2D eigenvalue weighted by molar-refractivity contribution is 5.65. The predicted octanol–water partition coefficient (Wildman–Crippen LogP) is 6.67. The molecule has 0 heterocycles. The first-order valence-corrected chi connectivity index (χ1v) is 15.6. The first-order valence-electron chi connectivity index (χ1n) is 15.6. The summed E-state index contributed by atoms with van der Waals surface area (Å²) in [5.74, 6) is 2.40. The molecule has 11 nitrogen and oxygen atoms in total. The first-order chi connectivity index (χ1) is 21.6. The number of aliphatic hydroxyl groups excluding tert-OH is 1. The fourth-order valence-electron chi connectivity index (χ4n) is 5.18. The van der Waals surface area contributed by atoms with Gasteiger partial charge in [-0.1, -0.05) is 45.6 Å². The molecule has 0 saturated heterocycles. The van der Waals surface area contributed by atoms with Gasteiger partial charge in [-0.05, 0) is 56.4 Å². The van der Waals surface area contributed by atoms with E-state index in [4.69, 9.17) is 28.4 Å². The van der Waals surface area contributed by atoms with E-state index >= 15 is 0 Å². The van der Waals surface area contributed by atoms with Crippen molar-refractivity contribution in [1.82, 2.24) is 0 Å². The molecule has 2 aromatic rings. The van der Waals surface area contributed by atoms with Crippen molar-refractivity contribution in [1.29, 1.82) is 5.26 Å². The van der Waals surface area contributed by atoms with Crippen LogP contribution in [-0.4, -0.2) is 63.8 Å². The lowest BCUT2D eigenvalue weighted by Crippen LogP contribution is -2.37. The maximum atomic E-state index is 12.1. The predicted molar refractivity (Wildman–Crippen MR) is 172 cm³/mol. The molecule has 0 aliphatic heterocycles. The zero-order valence-corrected chi connectivity index (χ0v) is 27.8. The maximum absolute atomic E-state index is 12.1. The SMILES string of the molecule is CCCCCOc1cc(C(C)(C#N)CCC(O)C(Cc2ccc(OC)c(OC)c2)[N+](=O)[O-])c(OCCCCC)c(OC)c1OC. The van der Waals surface area contributed by atoms with E-state index in [1.807, 2.05) is 0 Å².